The van der Waals surface area contributed by atoms with Crippen molar-refractivity contribution in [2.75, 3.05) is 25.1 Å². The second-order valence-electron chi connectivity index (χ2n) is 4.78. The van der Waals surface area contributed by atoms with Crippen molar-refractivity contribution in [2.24, 2.45) is 11.8 Å². The molecule has 0 aromatic carbocycles. The molecule has 1 aromatic heterocycles. The Morgan fingerprint density at radius 2 is 2.24 bits per heavy atom. The standard InChI is InChI=1S/C12H19N3O2/c1-8-4-5-15(6-9(8)2)11-10(17-3)12(16)14-7-13-11/h7-9H,4-6H2,1-3H3,(H,13,14,16). The van der Waals surface area contributed by atoms with Crippen LogP contribution in [0.5, 0.6) is 5.75 Å². The first-order valence-corrected chi connectivity index (χ1v) is 6.00. The molecule has 2 unspecified atom stereocenters. The lowest BCUT2D eigenvalue weighted by atomic mass is 9.89. The highest BCUT2D eigenvalue weighted by Crippen LogP contribution is 2.28. The predicted molar refractivity (Wildman–Crippen MR) is 66.6 cm³/mol. The first kappa shape index (κ1) is 12.0. The zero-order valence-corrected chi connectivity index (χ0v) is 10.6. The molecule has 5 heteroatoms. The Hall–Kier alpha value is -1.52. The third-order valence-electron chi connectivity index (χ3n) is 3.63. The van der Waals surface area contributed by atoms with E-state index in [1.165, 1.54) is 13.4 Å². The molecule has 1 saturated heterocycles. The van der Waals surface area contributed by atoms with Crippen molar-refractivity contribution in [3.8, 4) is 5.75 Å². The van der Waals surface area contributed by atoms with E-state index in [-0.39, 0.29) is 5.56 Å². The van der Waals surface area contributed by atoms with Crippen LogP contribution in [0.4, 0.5) is 5.82 Å². The van der Waals surface area contributed by atoms with Gasteiger partial charge in [0.25, 0.3) is 5.56 Å². The van der Waals surface area contributed by atoms with Gasteiger partial charge < -0.3 is 14.6 Å². The number of anilines is 1. The van der Waals surface area contributed by atoms with Crippen LogP contribution in [0.2, 0.25) is 0 Å². The average molecular weight is 237 g/mol. The van der Waals surface area contributed by atoms with Gasteiger partial charge in [-0.05, 0) is 18.3 Å². The van der Waals surface area contributed by atoms with Gasteiger partial charge >= 0.3 is 0 Å². The molecule has 0 radical (unpaired) electrons. The maximum atomic E-state index is 11.6. The quantitative estimate of drug-likeness (QED) is 0.841. The maximum absolute atomic E-state index is 11.6. The highest BCUT2D eigenvalue weighted by Gasteiger charge is 2.26. The Morgan fingerprint density at radius 3 is 2.88 bits per heavy atom. The molecule has 2 atom stereocenters. The van der Waals surface area contributed by atoms with Crippen LogP contribution < -0.4 is 15.2 Å². The molecule has 5 nitrogen and oxygen atoms in total. The van der Waals surface area contributed by atoms with Gasteiger partial charge in [0.2, 0.25) is 5.75 Å². The van der Waals surface area contributed by atoms with E-state index in [2.05, 4.69) is 28.7 Å². The molecule has 1 N–H and O–H groups in total. The summed E-state index contributed by atoms with van der Waals surface area (Å²) in [5.74, 6) is 2.30. The molecule has 0 saturated carbocycles. The minimum Gasteiger partial charge on any atom is -0.489 e. The lowest BCUT2D eigenvalue weighted by molar-refractivity contribution is 0.319. The number of ether oxygens (including phenoxy) is 1. The third kappa shape index (κ3) is 2.28. The van der Waals surface area contributed by atoms with Gasteiger partial charge in [-0.25, -0.2) is 4.98 Å². The highest BCUT2D eigenvalue weighted by molar-refractivity contribution is 5.51. The van der Waals surface area contributed by atoms with Crippen LogP contribution in [0.1, 0.15) is 20.3 Å². The minimum atomic E-state index is -0.219. The fourth-order valence-electron chi connectivity index (χ4n) is 2.24. The van der Waals surface area contributed by atoms with Crippen LogP contribution in [0.15, 0.2) is 11.1 Å². The Bertz CT molecular complexity index is 444. The van der Waals surface area contributed by atoms with Crippen molar-refractivity contribution in [2.45, 2.75) is 20.3 Å². The largest absolute Gasteiger partial charge is 0.489 e. The molecule has 94 valence electrons. The maximum Gasteiger partial charge on any atom is 0.295 e. The number of aromatic nitrogens is 2. The van der Waals surface area contributed by atoms with Crippen LogP contribution in [0.3, 0.4) is 0 Å². The van der Waals surface area contributed by atoms with E-state index in [0.29, 0.717) is 17.5 Å². The second-order valence-corrected chi connectivity index (χ2v) is 4.78. The molecule has 17 heavy (non-hydrogen) atoms. The summed E-state index contributed by atoms with van der Waals surface area (Å²) in [6.07, 6.45) is 2.56. The van der Waals surface area contributed by atoms with Crippen LogP contribution >= 0.6 is 0 Å². The van der Waals surface area contributed by atoms with Crippen molar-refractivity contribution in [1.82, 2.24) is 9.97 Å². The fourth-order valence-corrected chi connectivity index (χ4v) is 2.24. The lowest BCUT2D eigenvalue weighted by Gasteiger charge is -2.36. The van der Waals surface area contributed by atoms with Crippen molar-refractivity contribution in [1.29, 1.82) is 0 Å². The van der Waals surface area contributed by atoms with Gasteiger partial charge in [-0.3, -0.25) is 4.79 Å². The summed E-state index contributed by atoms with van der Waals surface area (Å²) in [6, 6.07) is 0. The van der Waals surface area contributed by atoms with E-state index in [4.69, 9.17) is 4.74 Å². The fraction of sp³-hybridized carbons (Fsp3) is 0.667. The van der Waals surface area contributed by atoms with Crippen molar-refractivity contribution < 1.29 is 4.74 Å². The lowest BCUT2D eigenvalue weighted by Crippen LogP contribution is -2.39. The molecule has 2 rings (SSSR count). The van der Waals surface area contributed by atoms with Gasteiger partial charge in [0.1, 0.15) is 0 Å². The van der Waals surface area contributed by atoms with Crippen molar-refractivity contribution in [3.63, 3.8) is 0 Å². The van der Waals surface area contributed by atoms with E-state index in [1.807, 2.05) is 0 Å². The molecule has 2 heterocycles. The van der Waals surface area contributed by atoms with E-state index in [0.717, 1.165) is 25.4 Å². The summed E-state index contributed by atoms with van der Waals surface area (Å²) >= 11 is 0. The first-order valence-electron chi connectivity index (χ1n) is 6.00. The topological polar surface area (TPSA) is 58.2 Å². The molecule has 1 aliphatic rings. The minimum absolute atomic E-state index is 0.219. The Kier molecular flexibility index (Phi) is 3.36. The number of aromatic amines is 1. The zero-order valence-electron chi connectivity index (χ0n) is 10.6. The summed E-state index contributed by atoms with van der Waals surface area (Å²) in [4.78, 5) is 20.5. The molecule has 1 aromatic rings. The van der Waals surface area contributed by atoms with Crippen LogP contribution in [-0.2, 0) is 0 Å². The van der Waals surface area contributed by atoms with Gasteiger partial charge in [-0.15, -0.1) is 0 Å². The summed E-state index contributed by atoms with van der Waals surface area (Å²) in [5.41, 5.74) is -0.219. The summed E-state index contributed by atoms with van der Waals surface area (Å²) in [7, 11) is 1.51. The summed E-state index contributed by atoms with van der Waals surface area (Å²) in [6.45, 7) is 6.35. The van der Waals surface area contributed by atoms with Crippen molar-refractivity contribution in [3.05, 3.63) is 16.7 Å². The van der Waals surface area contributed by atoms with E-state index in [9.17, 15) is 4.79 Å². The number of nitrogens with zero attached hydrogens (tertiary/aromatic N) is 2. The Labute approximate surface area is 101 Å². The summed E-state index contributed by atoms with van der Waals surface area (Å²) < 4.78 is 5.14. The number of nitrogens with one attached hydrogen (secondary N) is 1. The average Bonchev–Trinajstić information content (AvgIpc) is 2.32. The number of H-pyrrole nitrogens is 1. The molecule has 1 aliphatic heterocycles. The molecular weight excluding hydrogens is 218 g/mol. The zero-order chi connectivity index (χ0) is 12.4. The SMILES string of the molecule is COc1c(N2CCC(C)C(C)C2)nc[nH]c1=O. The second kappa shape index (κ2) is 4.77. The van der Waals surface area contributed by atoms with Crippen LogP contribution in [0.25, 0.3) is 0 Å². The molecule has 0 bridgehead atoms. The molecule has 0 spiro atoms. The summed E-state index contributed by atoms with van der Waals surface area (Å²) in [5, 5.41) is 0. The Morgan fingerprint density at radius 1 is 1.47 bits per heavy atom. The number of rotatable bonds is 2. The Balaban J connectivity index is 2.29. The van der Waals surface area contributed by atoms with Crippen LogP contribution in [0, 0.1) is 11.8 Å². The highest BCUT2D eigenvalue weighted by atomic mass is 16.5. The predicted octanol–water partition coefficient (Wildman–Crippen LogP) is 1.26. The number of hydrogen-bond donors (Lipinski definition) is 1. The molecular formula is C12H19N3O2. The van der Waals surface area contributed by atoms with Crippen molar-refractivity contribution >= 4 is 5.82 Å². The number of methoxy groups -OCH3 is 1. The van der Waals surface area contributed by atoms with E-state index in [1.54, 1.807) is 0 Å². The smallest absolute Gasteiger partial charge is 0.295 e. The monoisotopic (exact) mass is 237 g/mol. The van der Waals surface area contributed by atoms with Gasteiger partial charge in [-0.1, -0.05) is 13.8 Å². The van der Waals surface area contributed by atoms with Gasteiger partial charge in [0, 0.05) is 13.1 Å². The van der Waals surface area contributed by atoms with Gasteiger partial charge in [-0.2, -0.15) is 0 Å². The van der Waals surface area contributed by atoms with E-state index < -0.39 is 0 Å². The number of piperidine rings is 1. The molecule has 1 fully saturated rings. The van der Waals surface area contributed by atoms with Gasteiger partial charge in [0.15, 0.2) is 5.82 Å². The molecule has 0 amide bonds. The van der Waals surface area contributed by atoms with Crippen LogP contribution in [-0.4, -0.2) is 30.2 Å². The first-order chi connectivity index (χ1) is 8.13. The van der Waals surface area contributed by atoms with Gasteiger partial charge in [0.05, 0.1) is 13.4 Å². The normalized spacial score (nSPS) is 24.8. The molecule has 0 aliphatic carbocycles. The number of hydrogen-bond acceptors (Lipinski definition) is 4. The van der Waals surface area contributed by atoms with E-state index >= 15 is 0 Å². The third-order valence-corrected chi connectivity index (χ3v) is 3.63.